The number of carbonyl (C=O) groups is 1. The number of aromatic nitrogens is 1. The molecule has 3 aromatic rings. The van der Waals surface area contributed by atoms with Crippen LogP contribution < -0.4 is 16.4 Å². The Kier molecular flexibility index (Phi) is 8.43. The first-order valence-corrected chi connectivity index (χ1v) is 12.4. The summed E-state index contributed by atoms with van der Waals surface area (Å²) in [4.78, 5) is 18.8. The first kappa shape index (κ1) is 27.3. The molecule has 0 radical (unpaired) electrons. The van der Waals surface area contributed by atoms with E-state index in [-0.39, 0.29) is 41.9 Å². The Morgan fingerprint density at radius 1 is 1.16 bits per heavy atom. The van der Waals surface area contributed by atoms with Gasteiger partial charge in [-0.1, -0.05) is 37.3 Å². The molecule has 10 heteroatoms. The second-order valence-electron chi connectivity index (χ2n) is 9.51. The lowest BCUT2D eigenvalue weighted by Gasteiger charge is -2.28. The monoisotopic (exact) mass is 524 g/mol. The van der Waals surface area contributed by atoms with Gasteiger partial charge in [-0.15, -0.1) is 0 Å². The van der Waals surface area contributed by atoms with E-state index in [0.717, 1.165) is 42.1 Å². The molecule has 2 aromatic carbocycles. The molecule has 1 amide bonds. The van der Waals surface area contributed by atoms with Gasteiger partial charge >= 0.3 is 6.18 Å². The van der Waals surface area contributed by atoms with Gasteiger partial charge in [0.15, 0.2) is 0 Å². The zero-order valence-electron chi connectivity index (χ0n) is 21.1. The van der Waals surface area contributed by atoms with E-state index >= 15 is 0 Å². The highest BCUT2D eigenvalue weighted by molar-refractivity contribution is 5.91. The number of hydrogen-bond acceptors (Lipinski definition) is 6. The van der Waals surface area contributed by atoms with E-state index in [2.05, 4.69) is 15.6 Å². The smallest absolute Gasteiger partial charge is 0.383 e. The third kappa shape index (κ3) is 6.76. The SMILES string of the molecule is C[C@@H](CC(=O)Nc1ccc(CN2CCNCC2)c(C(F)(F)F)c1)c1ccc(-c2cnc(N)c(C=N)c2)cc1. The molecule has 1 aliphatic heterocycles. The van der Waals surface area contributed by atoms with Crippen molar-refractivity contribution in [2.45, 2.75) is 32.0 Å². The number of amides is 1. The van der Waals surface area contributed by atoms with E-state index in [4.69, 9.17) is 11.1 Å². The van der Waals surface area contributed by atoms with Crippen LogP contribution in [0.5, 0.6) is 0 Å². The zero-order valence-corrected chi connectivity index (χ0v) is 21.1. The number of benzene rings is 2. The number of pyridine rings is 1. The molecule has 5 N–H and O–H groups in total. The largest absolute Gasteiger partial charge is 0.416 e. The molecular formula is C28H31F3N6O. The Morgan fingerprint density at radius 3 is 2.53 bits per heavy atom. The summed E-state index contributed by atoms with van der Waals surface area (Å²) in [7, 11) is 0. The third-order valence-electron chi connectivity index (χ3n) is 6.71. The molecule has 4 rings (SSSR count). The highest BCUT2D eigenvalue weighted by Gasteiger charge is 2.34. The highest BCUT2D eigenvalue weighted by Crippen LogP contribution is 2.35. The van der Waals surface area contributed by atoms with Crippen LogP contribution in [-0.2, 0) is 17.5 Å². The van der Waals surface area contributed by atoms with Crippen LogP contribution in [0, 0.1) is 5.41 Å². The van der Waals surface area contributed by atoms with Crippen molar-refractivity contribution in [3.63, 3.8) is 0 Å². The number of nitrogens with zero attached hydrogens (tertiary/aromatic N) is 2. The number of piperazine rings is 1. The average Bonchev–Trinajstić information content (AvgIpc) is 2.90. The van der Waals surface area contributed by atoms with Crippen LogP contribution in [0.25, 0.3) is 11.1 Å². The number of anilines is 2. The maximum atomic E-state index is 13.8. The summed E-state index contributed by atoms with van der Waals surface area (Å²) in [6.45, 7) is 4.99. The second-order valence-corrected chi connectivity index (χ2v) is 9.51. The van der Waals surface area contributed by atoms with Crippen molar-refractivity contribution in [3.05, 3.63) is 77.0 Å². The number of nitrogen functional groups attached to an aromatic ring is 1. The molecule has 38 heavy (non-hydrogen) atoms. The molecule has 1 fully saturated rings. The minimum Gasteiger partial charge on any atom is -0.383 e. The number of rotatable bonds is 8. The Hall–Kier alpha value is -3.76. The quantitative estimate of drug-likeness (QED) is 0.314. The lowest BCUT2D eigenvalue weighted by atomic mass is 9.95. The van der Waals surface area contributed by atoms with Crippen LogP contribution in [0.4, 0.5) is 24.7 Å². The summed E-state index contributed by atoms with van der Waals surface area (Å²) < 4.78 is 41.4. The molecular weight excluding hydrogens is 493 g/mol. The van der Waals surface area contributed by atoms with E-state index in [1.165, 1.54) is 12.1 Å². The van der Waals surface area contributed by atoms with Gasteiger partial charge in [0.2, 0.25) is 5.91 Å². The van der Waals surface area contributed by atoms with Gasteiger partial charge in [-0.2, -0.15) is 13.2 Å². The van der Waals surface area contributed by atoms with Gasteiger partial charge in [-0.05, 0) is 40.8 Å². The standard InChI is InChI=1S/C28H31F3N6O/c1-18(19-2-4-20(5-3-19)23-13-22(15-32)27(33)35-16-23)12-26(38)36-24-7-6-21(25(14-24)28(29,30)31)17-37-10-8-34-9-11-37/h2-7,13-16,18,32,34H,8-12,17H2,1H3,(H2,33,35)(H,36,38)/t18-/m0/s1. The fraction of sp³-hybridized carbons (Fsp3) is 0.321. The molecule has 0 unspecified atom stereocenters. The summed E-state index contributed by atoms with van der Waals surface area (Å²) in [5.74, 6) is -0.223. The van der Waals surface area contributed by atoms with Gasteiger partial charge in [0.25, 0.3) is 0 Å². The highest BCUT2D eigenvalue weighted by atomic mass is 19.4. The van der Waals surface area contributed by atoms with Gasteiger partial charge < -0.3 is 21.8 Å². The fourth-order valence-electron chi connectivity index (χ4n) is 4.54. The Bertz CT molecular complexity index is 1290. The van der Waals surface area contributed by atoms with Crippen LogP contribution in [0.15, 0.2) is 54.7 Å². The summed E-state index contributed by atoms with van der Waals surface area (Å²) in [5, 5.41) is 13.3. The summed E-state index contributed by atoms with van der Waals surface area (Å²) >= 11 is 0. The van der Waals surface area contributed by atoms with Crippen molar-refractivity contribution in [2.24, 2.45) is 0 Å². The molecule has 1 saturated heterocycles. The van der Waals surface area contributed by atoms with Crippen LogP contribution in [0.1, 0.15) is 41.5 Å². The lowest BCUT2D eigenvalue weighted by molar-refractivity contribution is -0.138. The maximum Gasteiger partial charge on any atom is 0.416 e. The Balaban J connectivity index is 1.41. The first-order valence-electron chi connectivity index (χ1n) is 12.4. The lowest BCUT2D eigenvalue weighted by Crippen LogP contribution is -2.43. The molecule has 2 heterocycles. The number of carbonyl (C=O) groups excluding carboxylic acids is 1. The molecule has 1 aromatic heterocycles. The number of alkyl halides is 3. The van der Waals surface area contributed by atoms with Crippen molar-refractivity contribution in [3.8, 4) is 11.1 Å². The zero-order chi connectivity index (χ0) is 27.3. The minimum atomic E-state index is -4.52. The van der Waals surface area contributed by atoms with Gasteiger partial charge in [0, 0.05) is 68.4 Å². The van der Waals surface area contributed by atoms with Crippen LogP contribution in [-0.4, -0.2) is 48.2 Å². The van der Waals surface area contributed by atoms with Gasteiger partial charge in [-0.3, -0.25) is 9.69 Å². The summed E-state index contributed by atoms with van der Waals surface area (Å²) in [5.41, 5.74) is 8.53. The third-order valence-corrected chi connectivity index (χ3v) is 6.71. The maximum absolute atomic E-state index is 13.8. The molecule has 0 spiro atoms. The summed E-state index contributed by atoms with van der Waals surface area (Å²) in [6.07, 6.45) is -1.61. The van der Waals surface area contributed by atoms with Crippen LogP contribution in [0.3, 0.4) is 0 Å². The van der Waals surface area contributed by atoms with Gasteiger partial charge in [0.1, 0.15) is 5.82 Å². The number of halogens is 3. The van der Waals surface area contributed by atoms with Crippen molar-refractivity contribution in [2.75, 3.05) is 37.2 Å². The van der Waals surface area contributed by atoms with Crippen molar-refractivity contribution >= 4 is 23.6 Å². The van der Waals surface area contributed by atoms with Gasteiger partial charge in [-0.25, -0.2) is 4.98 Å². The van der Waals surface area contributed by atoms with Crippen LogP contribution in [0.2, 0.25) is 0 Å². The fourth-order valence-corrected chi connectivity index (χ4v) is 4.54. The number of nitrogens with one attached hydrogen (secondary N) is 3. The van der Waals surface area contributed by atoms with Crippen molar-refractivity contribution in [1.29, 1.82) is 5.41 Å². The Morgan fingerprint density at radius 2 is 1.87 bits per heavy atom. The van der Waals surface area contributed by atoms with E-state index in [0.29, 0.717) is 18.7 Å². The topological polar surface area (TPSA) is 107 Å². The molecule has 0 saturated carbocycles. The van der Waals surface area contributed by atoms with E-state index in [9.17, 15) is 18.0 Å². The summed E-state index contributed by atoms with van der Waals surface area (Å²) in [6, 6.07) is 13.4. The van der Waals surface area contributed by atoms with E-state index in [1.807, 2.05) is 36.1 Å². The van der Waals surface area contributed by atoms with Gasteiger partial charge in [0.05, 0.1) is 5.56 Å². The molecule has 0 bridgehead atoms. The predicted octanol–water partition coefficient (Wildman–Crippen LogP) is 4.88. The van der Waals surface area contributed by atoms with E-state index in [1.54, 1.807) is 12.3 Å². The predicted molar refractivity (Wildman–Crippen MR) is 143 cm³/mol. The molecule has 1 aliphatic rings. The van der Waals surface area contributed by atoms with Crippen molar-refractivity contribution < 1.29 is 18.0 Å². The molecule has 0 aliphatic carbocycles. The second kappa shape index (κ2) is 11.7. The normalized spacial score (nSPS) is 15.2. The number of hydrogen-bond donors (Lipinski definition) is 4. The van der Waals surface area contributed by atoms with E-state index < -0.39 is 11.7 Å². The molecule has 1 atom stereocenters. The van der Waals surface area contributed by atoms with Crippen molar-refractivity contribution in [1.82, 2.24) is 15.2 Å². The minimum absolute atomic E-state index is 0.116. The average molecular weight is 525 g/mol. The molecule has 200 valence electrons. The van der Waals surface area contributed by atoms with Crippen LogP contribution >= 0.6 is 0 Å². The number of nitrogens with two attached hydrogens (primary N) is 1. The molecule has 7 nitrogen and oxygen atoms in total. The first-order chi connectivity index (χ1) is 18.1. The Labute approximate surface area is 219 Å².